The van der Waals surface area contributed by atoms with Crippen molar-refractivity contribution < 1.29 is 8.42 Å². The number of primary sulfonamides is 1. The van der Waals surface area contributed by atoms with Crippen molar-refractivity contribution in [2.24, 2.45) is 5.14 Å². The summed E-state index contributed by atoms with van der Waals surface area (Å²) < 4.78 is 25.3. The molecule has 2 aromatic heterocycles. The van der Waals surface area contributed by atoms with Crippen LogP contribution in [0.25, 0.3) is 11.4 Å². The molecule has 19 heavy (non-hydrogen) atoms. The molecule has 0 unspecified atom stereocenters. The molecule has 0 saturated carbocycles. The fraction of sp³-hybridized carbons (Fsp3) is 0.333. The topological polar surface area (TPSA) is 90.9 Å². The van der Waals surface area contributed by atoms with E-state index in [0.717, 1.165) is 0 Å². The van der Waals surface area contributed by atoms with Crippen molar-refractivity contribution in [2.75, 3.05) is 0 Å². The maximum absolute atomic E-state index is 11.5. The minimum atomic E-state index is -3.96. The lowest BCUT2D eigenvalue weighted by molar-refractivity contribution is 0.524. The Bertz CT molecular complexity index is 721. The Morgan fingerprint density at radius 2 is 2.00 bits per heavy atom. The quantitative estimate of drug-likeness (QED) is 0.929. The average molecular weight is 341 g/mol. The van der Waals surface area contributed by atoms with Crippen molar-refractivity contribution in [3.8, 4) is 11.4 Å². The molecule has 0 aliphatic rings. The number of rotatable bonds is 3. The number of thiophene rings is 1. The maximum Gasteiger partial charge on any atom is 0.273 e. The average Bonchev–Trinajstić information content (AvgIpc) is 2.80. The Hall–Kier alpha value is -0.670. The van der Waals surface area contributed by atoms with Crippen LogP contribution in [0, 0.1) is 0 Å². The van der Waals surface area contributed by atoms with E-state index in [1.54, 1.807) is 19.9 Å². The second-order valence-corrected chi connectivity index (χ2v) is 7.79. The molecular weight excluding hydrogens is 331 g/mol. The minimum absolute atomic E-state index is 0.201. The molecule has 0 saturated heterocycles. The van der Waals surface area contributed by atoms with E-state index in [9.17, 15) is 8.42 Å². The van der Waals surface area contributed by atoms with Crippen molar-refractivity contribution in [3.63, 3.8) is 0 Å². The molecule has 6 nitrogen and oxygen atoms in total. The van der Waals surface area contributed by atoms with Gasteiger partial charge >= 0.3 is 0 Å². The third-order valence-corrected chi connectivity index (χ3v) is 4.61. The summed E-state index contributed by atoms with van der Waals surface area (Å²) in [4.78, 5) is 0. The lowest BCUT2D eigenvalue weighted by atomic mass is 10.3. The molecule has 0 amide bonds. The number of halogens is 2. The highest BCUT2D eigenvalue weighted by Gasteiger charge is 2.25. The van der Waals surface area contributed by atoms with E-state index in [4.69, 9.17) is 28.3 Å². The fourth-order valence-corrected chi connectivity index (χ4v) is 3.79. The van der Waals surface area contributed by atoms with Crippen LogP contribution in [-0.4, -0.2) is 23.2 Å². The Morgan fingerprint density at radius 1 is 1.37 bits per heavy atom. The van der Waals surface area contributed by atoms with Gasteiger partial charge < -0.3 is 0 Å². The summed E-state index contributed by atoms with van der Waals surface area (Å²) in [6, 6.07) is 1.41. The van der Waals surface area contributed by atoms with Gasteiger partial charge in [0.05, 0.1) is 9.90 Å². The van der Waals surface area contributed by atoms with Gasteiger partial charge in [-0.25, -0.2) is 13.6 Å². The number of sulfonamides is 1. The van der Waals surface area contributed by atoms with Crippen LogP contribution in [0.1, 0.15) is 19.9 Å². The Balaban J connectivity index is 2.73. The summed E-state index contributed by atoms with van der Waals surface area (Å²) in [5.41, 5.74) is 0.535. The zero-order chi connectivity index (χ0) is 14.4. The first-order valence-electron chi connectivity index (χ1n) is 5.14. The minimum Gasteiger partial charge on any atom is -0.294 e. The highest BCUT2D eigenvalue weighted by atomic mass is 35.5. The van der Waals surface area contributed by atoms with E-state index in [1.807, 2.05) is 0 Å². The van der Waals surface area contributed by atoms with Gasteiger partial charge in [-0.2, -0.15) is 0 Å². The van der Waals surface area contributed by atoms with E-state index in [-0.39, 0.29) is 11.2 Å². The molecule has 0 radical (unpaired) electrons. The number of hydrogen-bond donors (Lipinski definition) is 1. The normalized spacial score (nSPS) is 12.3. The van der Waals surface area contributed by atoms with Crippen LogP contribution in [0.4, 0.5) is 0 Å². The third-order valence-electron chi connectivity index (χ3n) is 2.33. The van der Waals surface area contributed by atoms with Gasteiger partial charge in [0, 0.05) is 6.04 Å². The lowest BCUT2D eigenvalue weighted by Crippen LogP contribution is -2.20. The predicted octanol–water partition coefficient (Wildman–Crippen LogP) is 2.54. The first kappa shape index (κ1) is 14.7. The molecular formula is C9H10Cl2N4O2S2. The summed E-state index contributed by atoms with van der Waals surface area (Å²) in [7, 11) is -3.96. The zero-order valence-electron chi connectivity index (χ0n) is 9.96. The largest absolute Gasteiger partial charge is 0.294 e. The van der Waals surface area contributed by atoms with E-state index in [0.29, 0.717) is 20.1 Å². The molecule has 2 aromatic rings. The van der Waals surface area contributed by atoms with E-state index in [1.165, 1.54) is 15.9 Å². The first-order chi connectivity index (χ1) is 8.71. The Labute approximate surface area is 124 Å². The van der Waals surface area contributed by atoms with Gasteiger partial charge in [-0.1, -0.05) is 23.2 Å². The molecule has 2 N–H and O–H groups in total. The van der Waals surface area contributed by atoms with Crippen LogP contribution in [0.5, 0.6) is 0 Å². The summed E-state index contributed by atoms with van der Waals surface area (Å²) in [6.45, 7) is 3.59. The summed E-state index contributed by atoms with van der Waals surface area (Å²) in [5, 5.41) is 12.3. The maximum atomic E-state index is 11.5. The smallest absolute Gasteiger partial charge is 0.273 e. The lowest BCUT2D eigenvalue weighted by Gasteiger charge is -2.12. The Kier molecular flexibility index (Phi) is 3.90. The van der Waals surface area contributed by atoms with Crippen LogP contribution in [-0.2, 0) is 10.0 Å². The van der Waals surface area contributed by atoms with Crippen molar-refractivity contribution >= 4 is 44.6 Å². The zero-order valence-corrected chi connectivity index (χ0v) is 13.1. The Morgan fingerprint density at radius 3 is 2.42 bits per heavy atom. The van der Waals surface area contributed by atoms with Crippen LogP contribution >= 0.6 is 34.5 Å². The summed E-state index contributed by atoms with van der Waals surface area (Å²) in [5.74, 6) is 0.326. The van der Waals surface area contributed by atoms with Gasteiger partial charge in [0.2, 0.25) is 0 Å². The fourth-order valence-electron chi connectivity index (χ4n) is 1.61. The van der Waals surface area contributed by atoms with Crippen LogP contribution in [0.3, 0.4) is 0 Å². The van der Waals surface area contributed by atoms with Crippen molar-refractivity contribution in [2.45, 2.75) is 25.0 Å². The number of hydrogen-bond acceptors (Lipinski definition) is 5. The van der Waals surface area contributed by atoms with Crippen molar-refractivity contribution in [1.82, 2.24) is 14.8 Å². The van der Waals surface area contributed by atoms with Crippen molar-refractivity contribution in [1.29, 1.82) is 0 Å². The highest BCUT2D eigenvalue weighted by Crippen LogP contribution is 2.38. The monoisotopic (exact) mass is 340 g/mol. The second kappa shape index (κ2) is 5.02. The van der Waals surface area contributed by atoms with E-state index < -0.39 is 10.0 Å². The molecule has 0 spiro atoms. The summed E-state index contributed by atoms with van der Waals surface area (Å²) in [6.07, 6.45) is 0. The number of nitrogens with zero attached hydrogens (tertiary/aromatic N) is 3. The van der Waals surface area contributed by atoms with Gasteiger partial charge in [-0.05, 0) is 19.9 Å². The molecule has 2 rings (SSSR count). The van der Waals surface area contributed by atoms with E-state index >= 15 is 0 Å². The first-order valence-corrected chi connectivity index (χ1v) is 8.26. The standard InChI is InChI=1S/C9H10Cl2N4O2S2/c1-4(2)15-8(5-3-6(10)18-7(5)11)13-14-9(15)19(12,16)17/h3-4H,1-2H3,(H2,12,16,17). The molecule has 10 heteroatoms. The van der Waals surface area contributed by atoms with Gasteiger partial charge in [-0.3, -0.25) is 4.57 Å². The van der Waals surface area contributed by atoms with E-state index in [2.05, 4.69) is 10.2 Å². The van der Waals surface area contributed by atoms with Crippen LogP contribution in [0.15, 0.2) is 11.2 Å². The predicted molar refractivity (Wildman–Crippen MR) is 75.1 cm³/mol. The third kappa shape index (κ3) is 2.77. The second-order valence-electron chi connectivity index (χ2n) is 4.05. The molecule has 0 aliphatic heterocycles. The van der Waals surface area contributed by atoms with Gasteiger partial charge in [0.25, 0.3) is 15.2 Å². The van der Waals surface area contributed by atoms with Gasteiger partial charge in [0.15, 0.2) is 5.82 Å². The number of nitrogens with two attached hydrogens (primary N) is 1. The molecule has 0 aromatic carbocycles. The van der Waals surface area contributed by atoms with Crippen LogP contribution < -0.4 is 5.14 Å². The molecule has 0 aliphatic carbocycles. The summed E-state index contributed by atoms with van der Waals surface area (Å²) >= 11 is 13.1. The molecule has 0 fully saturated rings. The molecule has 2 heterocycles. The molecule has 104 valence electrons. The molecule has 0 bridgehead atoms. The van der Waals surface area contributed by atoms with Crippen LogP contribution in [0.2, 0.25) is 8.67 Å². The van der Waals surface area contributed by atoms with Crippen molar-refractivity contribution in [3.05, 3.63) is 14.7 Å². The molecule has 0 atom stereocenters. The number of aromatic nitrogens is 3. The van der Waals surface area contributed by atoms with Gasteiger partial charge in [-0.15, -0.1) is 21.5 Å². The van der Waals surface area contributed by atoms with Gasteiger partial charge in [0.1, 0.15) is 4.34 Å². The highest BCUT2D eigenvalue weighted by molar-refractivity contribution is 7.89. The SMILES string of the molecule is CC(C)n1c(-c2cc(Cl)sc2Cl)nnc1S(N)(=O)=O.